The molecule has 7 nitrogen and oxygen atoms in total. The van der Waals surface area contributed by atoms with Gasteiger partial charge in [-0.25, -0.2) is 4.79 Å². The van der Waals surface area contributed by atoms with Gasteiger partial charge in [-0.3, -0.25) is 0 Å². The second-order valence-corrected chi connectivity index (χ2v) is 3.44. The molecule has 0 radical (unpaired) electrons. The fraction of sp³-hybridized carbons (Fsp3) is 0.800. The van der Waals surface area contributed by atoms with E-state index in [-0.39, 0.29) is 0 Å². The van der Waals surface area contributed by atoms with Gasteiger partial charge in [-0.05, 0) is 6.42 Å². The summed E-state index contributed by atoms with van der Waals surface area (Å²) in [4.78, 5) is 39.3. The highest BCUT2D eigenvalue weighted by Gasteiger charge is 2.22. The molecule has 2 amide bonds. The Bertz CT molecular complexity index is 131. The van der Waals surface area contributed by atoms with Gasteiger partial charge in [0.05, 0.1) is 0 Å². The van der Waals surface area contributed by atoms with Crippen LogP contribution >= 0.6 is 0 Å². The Morgan fingerprint density at radius 2 is 1.77 bits per heavy atom. The molecule has 0 saturated carbocycles. The quantitative estimate of drug-likeness (QED) is 0.234. The largest absolute Gasteiger partial charge is 0.668 e. The van der Waals surface area contributed by atoms with Crippen molar-refractivity contribution in [2.45, 2.75) is 19.8 Å². The predicted molar refractivity (Wildman–Crippen MR) is 47.1 cm³/mol. The van der Waals surface area contributed by atoms with Crippen molar-refractivity contribution < 1.29 is 24.0 Å². The number of nitrogens with one attached hydrogen (secondary N) is 1. The van der Waals surface area contributed by atoms with E-state index in [1.54, 1.807) is 0 Å². The molecule has 8 heteroatoms. The van der Waals surface area contributed by atoms with Gasteiger partial charge in [0.25, 0.3) is 0 Å². The summed E-state index contributed by atoms with van der Waals surface area (Å²) in [6.07, 6.45) is 2.09. The molecule has 0 saturated heterocycles. The lowest BCUT2D eigenvalue weighted by Crippen LogP contribution is -2.33. The van der Waals surface area contributed by atoms with Gasteiger partial charge in [0.1, 0.15) is 0 Å². The van der Waals surface area contributed by atoms with Gasteiger partial charge >= 0.3 is 15.1 Å². The molecule has 0 spiro atoms. The average Bonchev–Trinajstić information content (AvgIpc) is 1.83. The first-order valence-corrected chi connectivity index (χ1v) is 5.49. The molecular formula is C5H16N2O5Si. The third-order valence-corrected chi connectivity index (χ3v) is 0.830. The van der Waals surface area contributed by atoms with Crippen LogP contribution in [0.25, 0.3) is 0 Å². The smallest absolute Gasteiger partial charge is 0.368 e. The van der Waals surface area contributed by atoms with Crippen molar-refractivity contribution in [3.8, 4) is 0 Å². The van der Waals surface area contributed by atoms with Crippen LogP contribution in [0.5, 0.6) is 0 Å². The standard InChI is InChI=1S/C5H12N2O.H4O4Si/c1-2-3-4-7-5(6)8;1-5(2,3)4/h2-4H2,1H3,(H3,6,7,8);1-4H. The Morgan fingerprint density at radius 3 is 2.00 bits per heavy atom. The van der Waals surface area contributed by atoms with Crippen LogP contribution in [0.2, 0.25) is 0 Å². The number of hydrogen-bond donors (Lipinski definition) is 6. The summed E-state index contributed by atoms with van der Waals surface area (Å²) in [5.74, 6) is 0. The molecular weight excluding hydrogens is 196 g/mol. The summed E-state index contributed by atoms with van der Waals surface area (Å²) in [5, 5.41) is 2.49. The lowest BCUT2D eigenvalue weighted by molar-refractivity contribution is 0.117. The minimum absolute atomic E-state index is 0.432. The van der Waals surface area contributed by atoms with E-state index >= 15 is 0 Å². The number of urea groups is 1. The molecule has 0 rings (SSSR count). The molecule has 0 aromatic heterocycles. The Labute approximate surface area is 77.3 Å². The van der Waals surface area contributed by atoms with Crippen LogP contribution < -0.4 is 11.1 Å². The summed E-state index contributed by atoms with van der Waals surface area (Å²) < 4.78 is 0. The molecule has 0 aliphatic heterocycles. The minimum Gasteiger partial charge on any atom is -0.368 e. The number of rotatable bonds is 3. The van der Waals surface area contributed by atoms with E-state index in [9.17, 15) is 4.79 Å². The van der Waals surface area contributed by atoms with E-state index in [0.717, 1.165) is 12.8 Å². The first-order chi connectivity index (χ1) is 5.77. The van der Waals surface area contributed by atoms with Crippen LogP contribution in [-0.4, -0.2) is 40.8 Å². The molecule has 0 aromatic carbocycles. The van der Waals surface area contributed by atoms with Crippen molar-refractivity contribution in [2.75, 3.05) is 6.54 Å². The van der Waals surface area contributed by atoms with E-state index in [4.69, 9.17) is 24.9 Å². The maximum absolute atomic E-state index is 9.99. The van der Waals surface area contributed by atoms with E-state index in [1.165, 1.54) is 0 Å². The SMILES string of the molecule is CCCCNC(N)=O.O[Si](O)(O)O. The molecule has 80 valence electrons. The van der Waals surface area contributed by atoms with E-state index in [0.29, 0.717) is 6.54 Å². The molecule has 0 fully saturated rings. The summed E-state index contributed by atoms with van der Waals surface area (Å²) in [7, 11) is -4.61. The highest BCUT2D eigenvalue weighted by atomic mass is 28.4. The summed E-state index contributed by atoms with van der Waals surface area (Å²) >= 11 is 0. The maximum atomic E-state index is 9.99. The highest BCUT2D eigenvalue weighted by Crippen LogP contribution is 1.80. The highest BCUT2D eigenvalue weighted by molar-refractivity contribution is 6.46. The zero-order chi connectivity index (χ0) is 10.9. The third kappa shape index (κ3) is 52.6. The molecule has 0 atom stereocenters. The zero-order valence-electron chi connectivity index (χ0n) is 7.40. The lowest BCUT2D eigenvalue weighted by atomic mass is 10.3. The maximum Gasteiger partial charge on any atom is 0.668 e. The summed E-state index contributed by atoms with van der Waals surface area (Å²) in [5.41, 5.74) is 4.78. The first-order valence-electron chi connectivity index (χ1n) is 3.70. The fourth-order valence-electron chi connectivity index (χ4n) is 0.388. The van der Waals surface area contributed by atoms with Gasteiger partial charge in [0.15, 0.2) is 0 Å². The molecule has 0 aliphatic rings. The molecule has 0 heterocycles. The van der Waals surface area contributed by atoms with Gasteiger partial charge < -0.3 is 30.2 Å². The van der Waals surface area contributed by atoms with E-state index in [2.05, 4.69) is 12.2 Å². The topological polar surface area (TPSA) is 136 Å². The second-order valence-electron chi connectivity index (χ2n) is 2.24. The number of primary amides is 1. The minimum atomic E-state index is -4.61. The Morgan fingerprint density at radius 1 is 1.38 bits per heavy atom. The number of hydrogen-bond acceptors (Lipinski definition) is 5. The number of carbonyl (C=O) groups excluding carboxylic acids is 1. The average molecular weight is 212 g/mol. The number of amides is 2. The van der Waals surface area contributed by atoms with Gasteiger partial charge in [-0.2, -0.15) is 0 Å². The Kier molecular flexibility index (Phi) is 9.07. The van der Waals surface area contributed by atoms with Crippen molar-refractivity contribution in [1.29, 1.82) is 0 Å². The normalized spacial score (nSPS) is 9.92. The Balaban J connectivity index is 0. The summed E-state index contributed by atoms with van der Waals surface area (Å²) in [6, 6.07) is -0.432. The van der Waals surface area contributed by atoms with Gasteiger partial charge in [0.2, 0.25) is 0 Å². The number of carbonyl (C=O) groups is 1. The van der Waals surface area contributed by atoms with Gasteiger partial charge in [-0.15, -0.1) is 0 Å². The van der Waals surface area contributed by atoms with Crippen molar-refractivity contribution in [3.05, 3.63) is 0 Å². The fourth-order valence-corrected chi connectivity index (χ4v) is 0.388. The van der Waals surface area contributed by atoms with E-state index < -0.39 is 15.1 Å². The van der Waals surface area contributed by atoms with Crippen molar-refractivity contribution in [2.24, 2.45) is 5.73 Å². The predicted octanol–water partition coefficient (Wildman–Crippen LogP) is -2.15. The lowest BCUT2D eigenvalue weighted by Gasteiger charge is -1.96. The van der Waals surface area contributed by atoms with Crippen LogP contribution in [-0.2, 0) is 0 Å². The molecule has 0 aromatic rings. The Hall–Kier alpha value is -0.673. The third-order valence-electron chi connectivity index (χ3n) is 0.830. The van der Waals surface area contributed by atoms with E-state index in [1.807, 2.05) is 0 Å². The van der Waals surface area contributed by atoms with Crippen molar-refractivity contribution in [1.82, 2.24) is 5.32 Å². The van der Waals surface area contributed by atoms with Gasteiger partial charge in [0, 0.05) is 6.54 Å². The zero-order valence-corrected chi connectivity index (χ0v) is 8.40. The molecule has 7 N–H and O–H groups in total. The molecule has 13 heavy (non-hydrogen) atoms. The number of nitrogens with two attached hydrogens (primary N) is 1. The first kappa shape index (κ1) is 14.8. The van der Waals surface area contributed by atoms with Crippen molar-refractivity contribution >= 4 is 15.1 Å². The monoisotopic (exact) mass is 212 g/mol. The van der Waals surface area contributed by atoms with Crippen LogP contribution in [0, 0.1) is 0 Å². The molecule has 0 unspecified atom stereocenters. The molecule has 0 bridgehead atoms. The molecule has 0 aliphatic carbocycles. The van der Waals surface area contributed by atoms with Crippen LogP contribution in [0.1, 0.15) is 19.8 Å². The van der Waals surface area contributed by atoms with Gasteiger partial charge in [-0.1, -0.05) is 13.3 Å². The number of unbranched alkanes of at least 4 members (excludes halogenated alkanes) is 1. The summed E-state index contributed by atoms with van der Waals surface area (Å²) in [6.45, 7) is 2.76. The van der Waals surface area contributed by atoms with Crippen molar-refractivity contribution in [3.63, 3.8) is 0 Å². The second kappa shape index (κ2) is 7.95. The van der Waals surface area contributed by atoms with Crippen LogP contribution in [0.15, 0.2) is 0 Å². The van der Waals surface area contributed by atoms with Crippen LogP contribution in [0.3, 0.4) is 0 Å². The van der Waals surface area contributed by atoms with Crippen LogP contribution in [0.4, 0.5) is 4.79 Å².